The molecule has 1 fully saturated rings. The summed E-state index contributed by atoms with van der Waals surface area (Å²) in [5, 5.41) is 17.8. The van der Waals surface area contributed by atoms with Crippen molar-refractivity contribution in [2.45, 2.75) is 26.8 Å². The molecule has 2 aliphatic heterocycles. The maximum absolute atomic E-state index is 14.4. The largest absolute Gasteiger partial charge is 0.583 e. The molecule has 0 aliphatic carbocycles. The molecule has 0 spiro atoms. The molecule has 2 aromatic heterocycles. The van der Waals surface area contributed by atoms with Crippen LogP contribution in [-0.4, -0.2) is 49.6 Å². The fourth-order valence-electron chi connectivity index (χ4n) is 5.29. The zero-order valence-corrected chi connectivity index (χ0v) is 22.4. The van der Waals surface area contributed by atoms with Gasteiger partial charge in [-0.3, -0.25) is 4.79 Å². The maximum Gasteiger partial charge on any atom is 0.583 e. The number of nitrogens with zero attached hydrogens (tertiary/aromatic N) is 3. The minimum Gasteiger partial charge on any atom is -0.440 e. The van der Waals surface area contributed by atoms with E-state index in [0.29, 0.717) is 76.7 Å². The lowest BCUT2D eigenvalue weighted by molar-refractivity contribution is 0.120. The molecule has 1 saturated heterocycles. The molecule has 0 saturated carbocycles. The molecular weight excluding hydrogens is 514 g/mol. The number of pyridine rings is 1. The van der Waals surface area contributed by atoms with Gasteiger partial charge in [-0.2, -0.15) is 4.39 Å². The van der Waals surface area contributed by atoms with E-state index < -0.39 is 13.1 Å². The first-order chi connectivity index (χ1) is 19.3. The molecule has 1 atom stereocenters. The SMILES string of the molecule is Cc1cc(C(C)Nc2ccc(F)nc2-c2ccc3c(c2)C=NOB3O)c2oc(N3CCOCC3)c(C)c(=O)c2c1. The number of oxime groups is 1. The van der Waals surface area contributed by atoms with Gasteiger partial charge in [0, 0.05) is 29.7 Å². The minimum absolute atomic E-state index is 0.0640. The lowest BCUT2D eigenvalue weighted by Crippen LogP contribution is -2.37. The number of hydrogen-bond acceptors (Lipinski definition) is 9. The van der Waals surface area contributed by atoms with Crippen molar-refractivity contribution >= 4 is 41.3 Å². The van der Waals surface area contributed by atoms with Gasteiger partial charge in [0.2, 0.25) is 11.8 Å². The molecule has 204 valence electrons. The van der Waals surface area contributed by atoms with E-state index in [1.165, 1.54) is 12.3 Å². The van der Waals surface area contributed by atoms with Crippen LogP contribution in [0.2, 0.25) is 0 Å². The van der Waals surface area contributed by atoms with Crippen LogP contribution in [0.4, 0.5) is 16.0 Å². The minimum atomic E-state index is -1.16. The van der Waals surface area contributed by atoms with E-state index in [-0.39, 0.29) is 11.5 Å². The first kappa shape index (κ1) is 26.0. The van der Waals surface area contributed by atoms with Gasteiger partial charge < -0.3 is 29.1 Å². The van der Waals surface area contributed by atoms with Gasteiger partial charge in [-0.1, -0.05) is 18.2 Å². The number of ether oxygens (including phenoxy) is 1. The first-order valence-corrected chi connectivity index (χ1v) is 13.2. The third-order valence-corrected chi connectivity index (χ3v) is 7.34. The van der Waals surface area contributed by atoms with Crippen molar-refractivity contribution < 1.29 is 23.3 Å². The Morgan fingerprint density at radius 1 is 1.12 bits per heavy atom. The molecule has 9 nitrogen and oxygen atoms in total. The van der Waals surface area contributed by atoms with Crippen LogP contribution in [0.25, 0.3) is 22.2 Å². The number of anilines is 2. The van der Waals surface area contributed by atoms with E-state index in [0.717, 1.165) is 11.1 Å². The van der Waals surface area contributed by atoms with Gasteiger partial charge in [0.25, 0.3) is 0 Å². The number of halogens is 1. The highest BCUT2D eigenvalue weighted by molar-refractivity contribution is 6.62. The van der Waals surface area contributed by atoms with E-state index >= 15 is 0 Å². The Morgan fingerprint density at radius 3 is 2.73 bits per heavy atom. The number of fused-ring (bicyclic) bond motifs is 2. The Balaban J connectivity index is 1.42. The molecule has 40 heavy (non-hydrogen) atoms. The number of aromatic nitrogens is 1. The van der Waals surface area contributed by atoms with Crippen LogP contribution in [0.1, 0.15) is 35.2 Å². The number of morpholine rings is 1. The van der Waals surface area contributed by atoms with E-state index in [2.05, 4.69) is 15.5 Å². The van der Waals surface area contributed by atoms with Crippen LogP contribution in [0.15, 0.2) is 56.8 Å². The van der Waals surface area contributed by atoms with Gasteiger partial charge >= 0.3 is 7.12 Å². The second-order valence-electron chi connectivity index (χ2n) is 10.1. The molecule has 1 unspecified atom stereocenters. The number of nitrogens with one attached hydrogen (secondary N) is 1. The molecular formula is C29H28BFN4O5. The summed E-state index contributed by atoms with van der Waals surface area (Å²) in [6.07, 6.45) is 1.50. The van der Waals surface area contributed by atoms with Gasteiger partial charge in [-0.05, 0) is 56.2 Å². The number of rotatable bonds is 5. The summed E-state index contributed by atoms with van der Waals surface area (Å²) in [6, 6.07) is 11.7. The molecule has 2 aromatic carbocycles. The van der Waals surface area contributed by atoms with Crippen molar-refractivity contribution in [3.63, 3.8) is 0 Å². The van der Waals surface area contributed by atoms with Crippen LogP contribution < -0.4 is 21.1 Å². The van der Waals surface area contributed by atoms with Gasteiger partial charge in [-0.25, -0.2) is 4.98 Å². The standard InChI is InChI=1S/C29H28BFN4O5/c1-16-12-21(28-22(13-16)27(36)17(2)29(39-28)35-8-10-38-11-9-35)18(3)33-24-6-7-25(31)34-26(24)19-4-5-23-20(14-19)15-32-40-30(23)37/h4-7,12-15,18,33,37H,8-11H2,1-3H3. The molecule has 2 aliphatic rings. The molecule has 0 radical (unpaired) electrons. The quantitative estimate of drug-likeness (QED) is 0.291. The molecule has 4 heterocycles. The molecule has 0 amide bonds. The van der Waals surface area contributed by atoms with Gasteiger partial charge in [0.05, 0.1) is 47.8 Å². The molecule has 6 rings (SSSR count). The van der Waals surface area contributed by atoms with E-state index in [9.17, 15) is 14.2 Å². The van der Waals surface area contributed by atoms with E-state index in [1.54, 1.807) is 31.2 Å². The highest BCUT2D eigenvalue weighted by atomic mass is 19.1. The molecule has 0 bridgehead atoms. The number of aryl methyl sites for hydroxylation is 1. The topological polar surface area (TPSA) is 109 Å². The smallest absolute Gasteiger partial charge is 0.440 e. The fourth-order valence-corrected chi connectivity index (χ4v) is 5.29. The zero-order chi connectivity index (χ0) is 28.0. The van der Waals surface area contributed by atoms with Crippen LogP contribution in [0, 0.1) is 19.8 Å². The van der Waals surface area contributed by atoms with Gasteiger partial charge in [0.15, 0.2) is 5.43 Å². The fraction of sp³-hybridized carbons (Fsp3) is 0.276. The highest BCUT2D eigenvalue weighted by Gasteiger charge is 2.26. The van der Waals surface area contributed by atoms with E-state index in [1.807, 2.05) is 30.9 Å². The van der Waals surface area contributed by atoms with Crippen molar-refractivity contribution in [3.05, 3.63) is 80.9 Å². The third-order valence-electron chi connectivity index (χ3n) is 7.34. The average Bonchev–Trinajstić information content (AvgIpc) is 2.96. The summed E-state index contributed by atoms with van der Waals surface area (Å²) < 4.78 is 31.2. The lowest BCUT2D eigenvalue weighted by atomic mass is 9.75. The molecule has 2 N–H and O–H groups in total. The Labute approximate surface area is 230 Å². The van der Waals surface area contributed by atoms with Crippen molar-refractivity contribution in [3.8, 4) is 11.3 Å². The Hall–Kier alpha value is -4.22. The zero-order valence-electron chi connectivity index (χ0n) is 22.4. The molecule has 11 heteroatoms. The van der Waals surface area contributed by atoms with Crippen LogP contribution in [0.3, 0.4) is 0 Å². The highest BCUT2D eigenvalue weighted by Crippen LogP contribution is 2.34. The predicted octanol–water partition coefficient (Wildman–Crippen LogP) is 3.67. The predicted molar refractivity (Wildman–Crippen MR) is 153 cm³/mol. The summed E-state index contributed by atoms with van der Waals surface area (Å²) in [4.78, 5) is 19.7. The van der Waals surface area contributed by atoms with Crippen LogP contribution >= 0.6 is 0 Å². The Bertz CT molecular complexity index is 1700. The number of hydrogen-bond donors (Lipinski definition) is 2. The normalized spacial score (nSPS) is 15.6. The van der Waals surface area contributed by atoms with Crippen molar-refractivity contribution in [2.24, 2.45) is 5.16 Å². The Kier molecular flexibility index (Phi) is 6.77. The molecule has 4 aromatic rings. The van der Waals surface area contributed by atoms with Crippen LogP contribution in [0.5, 0.6) is 0 Å². The van der Waals surface area contributed by atoms with Gasteiger partial charge in [-0.15, -0.1) is 5.16 Å². The summed E-state index contributed by atoms with van der Waals surface area (Å²) in [5.41, 5.74) is 5.59. The van der Waals surface area contributed by atoms with Crippen molar-refractivity contribution in [1.82, 2.24) is 4.98 Å². The monoisotopic (exact) mass is 542 g/mol. The maximum atomic E-state index is 14.4. The Morgan fingerprint density at radius 2 is 1.93 bits per heavy atom. The second-order valence-corrected chi connectivity index (χ2v) is 10.1. The first-order valence-electron chi connectivity index (χ1n) is 13.2. The average molecular weight is 542 g/mol. The van der Waals surface area contributed by atoms with Crippen LogP contribution in [-0.2, 0) is 9.49 Å². The van der Waals surface area contributed by atoms with Crippen molar-refractivity contribution in [2.75, 3.05) is 36.5 Å². The van der Waals surface area contributed by atoms with Gasteiger partial charge in [0.1, 0.15) is 5.58 Å². The lowest BCUT2D eigenvalue weighted by Gasteiger charge is -2.29. The summed E-state index contributed by atoms with van der Waals surface area (Å²) in [7, 11) is -1.16. The summed E-state index contributed by atoms with van der Waals surface area (Å²) in [6.45, 7) is 8.13. The summed E-state index contributed by atoms with van der Waals surface area (Å²) >= 11 is 0. The summed E-state index contributed by atoms with van der Waals surface area (Å²) in [5.74, 6) is -0.0651. The van der Waals surface area contributed by atoms with Crippen molar-refractivity contribution in [1.29, 1.82) is 0 Å². The number of benzene rings is 2. The third kappa shape index (κ3) is 4.71. The second kappa shape index (κ2) is 10.4. The van der Waals surface area contributed by atoms with E-state index in [4.69, 9.17) is 13.9 Å².